The Morgan fingerprint density at radius 3 is 1.55 bits per heavy atom. The molecular formula is C29H58. The molecular weight excluding hydrogens is 348 g/mol. The molecule has 0 aromatic heterocycles. The van der Waals surface area contributed by atoms with Gasteiger partial charge in [0.05, 0.1) is 0 Å². The zero-order valence-corrected chi connectivity index (χ0v) is 21.4. The molecule has 0 bridgehead atoms. The van der Waals surface area contributed by atoms with Gasteiger partial charge in [-0.25, -0.2) is 0 Å². The topological polar surface area (TPSA) is 0 Å². The fourth-order valence-corrected chi connectivity index (χ4v) is 5.70. The van der Waals surface area contributed by atoms with Gasteiger partial charge in [0.25, 0.3) is 0 Å². The van der Waals surface area contributed by atoms with Gasteiger partial charge in [-0.05, 0) is 61.7 Å². The van der Waals surface area contributed by atoms with E-state index in [0.717, 1.165) is 23.2 Å². The summed E-state index contributed by atoms with van der Waals surface area (Å²) in [5.41, 5.74) is 0.733. The summed E-state index contributed by atoms with van der Waals surface area (Å²) in [6.07, 6.45) is 29.9. The fraction of sp³-hybridized carbons (Fsp3) is 1.00. The van der Waals surface area contributed by atoms with E-state index in [2.05, 4.69) is 34.6 Å². The van der Waals surface area contributed by atoms with E-state index >= 15 is 0 Å². The molecule has 0 spiro atoms. The molecule has 0 radical (unpaired) electrons. The van der Waals surface area contributed by atoms with Crippen LogP contribution in [-0.4, -0.2) is 0 Å². The second kappa shape index (κ2) is 16.7. The van der Waals surface area contributed by atoms with Crippen LogP contribution in [0, 0.1) is 23.2 Å². The van der Waals surface area contributed by atoms with E-state index in [1.54, 1.807) is 38.5 Å². The Hall–Kier alpha value is 0. The molecule has 0 atom stereocenters. The lowest BCUT2D eigenvalue weighted by molar-refractivity contribution is 0.111. The van der Waals surface area contributed by atoms with Crippen LogP contribution in [0.1, 0.15) is 163 Å². The maximum atomic E-state index is 2.37. The van der Waals surface area contributed by atoms with Crippen LogP contribution in [0.25, 0.3) is 0 Å². The van der Waals surface area contributed by atoms with E-state index in [4.69, 9.17) is 0 Å². The van der Waals surface area contributed by atoms with Gasteiger partial charge in [0.1, 0.15) is 0 Å². The molecule has 29 heavy (non-hydrogen) atoms. The summed E-state index contributed by atoms with van der Waals surface area (Å²) >= 11 is 0. The minimum Gasteiger partial charge on any atom is -0.0654 e. The van der Waals surface area contributed by atoms with Crippen molar-refractivity contribution in [2.45, 2.75) is 163 Å². The normalized spacial score (nSPS) is 17.5. The molecule has 0 amide bonds. The molecule has 0 heterocycles. The average Bonchev–Trinajstić information content (AvgIpc) is 2.68. The van der Waals surface area contributed by atoms with Crippen molar-refractivity contribution in [1.82, 2.24) is 0 Å². The minimum absolute atomic E-state index is 0.733. The molecule has 174 valence electrons. The largest absolute Gasteiger partial charge is 0.0654 e. The van der Waals surface area contributed by atoms with Gasteiger partial charge in [-0.15, -0.1) is 0 Å². The monoisotopic (exact) mass is 406 g/mol. The van der Waals surface area contributed by atoms with Crippen molar-refractivity contribution in [2.24, 2.45) is 23.2 Å². The summed E-state index contributed by atoms with van der Waals surface area (Å²) in [7, 11) is 0. The fourth-order valence-electron chi connectivity index (χ4n) is 5.70. The molecule has 0 N–H and O–H groups in total. The van der Waals surface area contributed by atoms with Gasteiger partial charge in [-0.1, -0.05) is 125 Å². The van der Waals surface area contributed by atoms with Gasteiger partial charge in [-0.3, -0.25) is 0 Å². The first-order chi connectivity index (χ1) is 14.0. The SMILES string of the molecule is CCCCCC1CCC(CCCCCCC(C)C)(CCCCCCC(C)C)CC1. The van der Waals surface area contributed by atoms with E-state index in [9.17, 15) is 0 Å². The van der Waals surface area contributed by atoms with Crippen molar-refractivity contribution in [3.8, 4) is 0 Å². The number of unbranched alkanes of at least 4 members (excludes halogenated alkanes) is 8. The quantitative estimate of drug-likeness (QED) is 0.198. The lowest BCUT2D eigenvalue weighted by Gasteiger charge is -2.41. The third-order valence-corrected chi connectivity index (χ3v) is 7.86. The van der Waals surface area contributed by atoms with Gasteiger partial charge >= 0.3 is 0 Å². The summed E-state index contributed by atoms with van der Waals surface area (Å²) < 4.78 is 0. The van der Waals surface area contributed by atoms with Crippen molar-refractivity contribution in [3.63, 3.8) is 0 Å². The standard InChI is InChI=1S/C29H58/c1-6-7-12-19-28-20-24-29(25-21-28,22-15-10-8-13-17-26(2)3)23-16-11-9-14-18-27(4)5/h26-28H,6-25H2,1-5H3. The van der Waals surface area contributed by atoms with E-state index in [1.807, 2.05) is 0 Å². The molecule has 0 aliphatic heterocycles. The lowest BCUT2D eigenvalue weighted by Crippen LogP contribution is -2.28. The van der Waals surface area contributed by atoms with Crippen molar-refractivity contribution in [2.75, 3.05) is 0 Å². The summed E-state index contributed by atoms with van der Waals surface area (Å²) in [6, 6.07) is 0. The van der Waals surface area contributed by atoms with Crippen LogP contribution in [0.15, 0.2) is 0 Å². The highest BCUT2D eigenvalue weighted by molar-refractivity contribution is 4.86. The van der Waals surface area contributed by atoms with Crippen LogP contribution >= 0.6 is 0 Å². The Morgan fingerprint density at radius 1 is 0.621 bits per heavy atom. The molecule has 1 aliphatic carbocycles. The zero-order chi connectivity index (χ0) is 21.4. The van der Waals surface area contributed by atoms with E-state index in [-0.39, 0.29) is 0 Å². The lowest BCUT2D eigenvalue weighted by atomic mass is 9.64. The number of rotatable bonds is 18. The summed E-state index contributed by atoms with van der Waals surface area (Å²) in [5, 5.41) is 0. The van der Waals surface area contributed by atoms with Gasteiger partial charge < -0.3 is 0 Å². The van der Waals surface area contributed by atoms with Gasteiger partial charge in [0.15, 0.2) is 0 Å². The summed E-state index contributed by atoms with van der Waals surface area (Å²) in [4.78, 5) is 0. The van der Waals surface area contributed by atoms with Crippen LogP contribution in [0.3, 0.4) is 0 Å². The molecule has 1 aliphatic rings. The second-order valence-electron chi connectivity index (χ2n) is 11.6. The highest BCUT2D eigenvalue weighted by Gasteiger charge is 2.33. The van der Waals surface area contributed by atoms with E-state index in [1.165, 1.54) is 89.9 Å². The Bertz CT molecular complexity index is 323. The van der Waals surface area contributed by atoms with Gasteiger partial charge in [0.2, 0.25) is 0 Å². The minimum atomic E-state index is 0.733. The average molecular weight is 407 g/mol. The molecule has 0 aromatic carbocycles. The Balaban J connectivity index is 2.34. The smallest absolute Gasteiger partial charge is 0.0297 e. The van der Waals surface area contributed by atoms with Crippen LogP contribution in [0.4, 0.5) is 0 Å². The number of hydrogen-bond donors (Lipinski definition) is 0. The highest BCUT2D eigenvalue weighted by atomic mass is 14.4. The molecule has 0 nitrogen and oxygen atoms in total. The first-order valence-corrected chi connectivity index (χ1v) is 14.0. The number of hydrogen-bond acceptors (Lipinski definition) is 0. The van der Waals surface area contributed by atoms with Crippen LogP contribution in [-0.2, 0) is 0 Å². The van der Waals surface area contributed by atoms with Crippen molar-refractivity contribution >= 4 is 0 Å². The second-order valence-corrected chi connectivity index (χ2v) is 11.6. The Morgan fingerprint density at radius 2 is 1.10 bits per heavy atom. The predicted molar refractivity (Wildman–Crippen MR) is 134 cm³/mol. The molecule has 0 saturated heterocycles. The third kappa shape index (κ3) is 13.8. The first kappa shape index (κ1) is 27.0. The van der Waals surface area contributed by atoms with Crippen LogP contribution in [0.5, 0.6) is 0 Å². The van der Waals surface area contributed by atoms with Crippen LogP contribution < -0.4 is 0 Å². The molecule has 0 unspecified atom stereocenters. The summed E-state index contributed by atoms with van der Waals surface area (Å²) in [6.45, 7) is 11.8. The molecule has 1 rings (SSSR count). The molecule has 0 aromatic rings. The van der Waals surface area contributed by atoms with Crippen molar-refractivity contribution < 1.29 is 0 Å². The van der Waals surface area contributed by atoms with Crippen molar-refractivity contribution in [3.05, 3.63) is 0 Å². The zero-order valence-electron chi connectivity index (χ0n) is 21.4. The maximum absolute atomic E-state index is 2.37. The van der Waals surface area contributed by atoms with Crippen LogP contribution in [0.2, 0.25) is 0 Å². The Labute approximate surface area is 186 Å². The maximum Gasteiger partial charge on any atom is -0.0297 e. The predicted octanol–water partition coefficient (Wildman–Crippen LogP) is 10.7. The molecule has 1 fully saturated rings. The molecule has 0 heteroatoms. The molecule has 1 saturated carbocycles. The van der Waals surface area contributed by atoms with Crippen molar-refractivity contribution in [1.29, 1.82) is 0 Å². The van der Waals surface area contributed by atoms with Gasteiger partial charge in [-0.2, -0.15) is 0 Å². The third-order valence-electron chi connectivity index (χ3n) is 7.86. The Kier molecular flexibility index (Phi) is 15.5. The van der Waals surface area contributed by atoms with Gasteiger partial charge in [0, 0.05) is 0 Å². The first-order valence-electron chi connectivity index (χ1n) is 14.0. The van der Waals surface area contributed by atoms with E-state index < -0.39 is 0 Å². The highest BCUT2D eigenvalue weighted by Crippen LogP contribution is 2.47. The van der Waals surface area contributed by atoms with E-state index in [0.29, 0.717) is 0 Å². The summed E-state index contributed by atoms with van der Waals surface area (Å²) in [5.74, 6) is 2.84.